The lowest BCUT2D eigenvalue weighted by molar-refractivity contribution is -0.119. The van der Waals surface area contributed by atoms with Crippen molar-refractivity contribution in [3.05, 3.63) is 65.6 Å². The number of hydrogen-bond acceptors (Lipinski definition) is 3. The first-order valence-electron chi connectivity index (χ1n) is 9.62. The van der Waals surface area contributed by atoms with Gasteiger partial charge in [-0.3, -0.25) is 4.79 Å². The zero-order valence-corrected chi connectivity index (χ0v) is 16.0. The van der Waals surface area contributed by atoms with Crippen LogP contribution in [0.15, 0.2) is 48.5 Å². The third kappa shape index (κ3) is 3.40. The number of fused-ring (bicyclic) bond motifs is 3. The third-order valence-electron chi connectivity index (χ3n) is 5.27. The van der Waals surface area contributed by atoms with E-state index in [1.165, 1.54) is 6.07 Å². The molecule has 4 nitrogen and oxygen atoms in total. The highest BCUT2D eigenvalue weighted by atomic mass is 19.1. The minimum Gasteiger partial charge on any atom is -0.309 e. The molecular weight excluding hydrogens is 353 g/mol. The Morgan fingerprint density at radius 3 is 2.64 bits per heavy atom. The number of rotatable bonds is 4. The van der Waals surface area contributed by atoms with E-state index in [9.17, 15) is 9.18 Å². The molecule has 1 aromatic heterocycles. The third-order valence-corrected chi connectivity index (χ3v) is 5.27. The van der Waals surface area contributed by atoms with Crippen molar-refractivity contribution in [3.63, 3.8) is 0 Å². The van der Waals surface area contributed by atoms with Crippen molar-refractivity contribution in [1.82, 2.24) is 9.97 Å². The van der Waals surface area contributed by atoms with Gasteiger partial charge in [0.15, 0.2) is 5.82 Å². The first-order chi connectivity index (χ1) is 13.6. The van der Waals surface area contributed by atoms with Crippen LogP contribution in [-0.4, -0.2) is 15.9 Å². The quantitative estimate of drug-likeness (QED) is 0.696. The number of aryl methyl sites for hydroxylation is 2. The van der Waals surface area contributed by atoms with E-state index in [4.69, 9.17) is 9.97 Å². The zero-order chi connectivity index (χ0) is 19.7. The largest absolute Gasteiger partial charge is 0.309 e. The Morgan fingerprint density at radius 1 is 1.11 bits per heavy atom. The molecule has 142 valence electrons. The lowest BCUT2D eigenvalue weighted by atomic mass is 9.91. The molecule has 4 rings (SSSR count). The summed E-state index contributed by atoms with van der Waals surface area (Å²) in [5, 5.41) is 2.97. The first kappa shape index (κ1) is 18.3. The normalized spacial score (nSPS) is 13.4. The summed E-state index contributed by atoms with van der Waals surface area (Å²) in [5.74, 6) is 0.0778. The van der Waals surface area contributed by atoms with Gasteiger partial charge in [0.2, 0.25) is 5.91 Å². The van der Waals surface area contributed by atoms with E-state index >= 15 is 0 Å². The molecule has 0 spiro atoms. The van der Waals surface area contributed by atoms with Gasteiger partial charge in [-0.25, -0.2) is 14.4 Å². The Kier molecular flexibility index (Phi) is 4.90. The van der Waals surface area contributed by atoms with Crippen LogP contribution in [0.3, 0.4) is 0 Å². The van der Waals surface area contributed by atoms with Gasteiger partial charge in [-0.2, -0.15) is 0 Å². The number of nitrogens with one attached hydrogen (secondary N) is 1. The highest BCUT2D eigenvalue weighted by molar-refractivity contribution is 5.95. The zero-order valence-electron chi connectivity index (χ0n) is 16.0. The summed E-state index contributed by atoms with van der Waals surface area (Å²) in [4.78, 5) is 22.2. The molecule has 1 atom stereocenters. The number of halogens is 1. The number of nitrogens with zero attached hydrogens (tertiary/aromatic N) is 2. The number of anilines is 1. The second-order valence-corrected chi connectivity index (χ2v) is 7.18. The van der Waals surface area contributed by atoms with E-state index in [0.29, 0.717) is 24.4 Å². The van der Waals surface area contributed by atoms with Crippen molar-refractivity contribution in [1.29, 1.82) is 0 Å². The van der Waals surface area contributed by atoms with E-state index in [1.807, 2.05) is 44.2 Å². The van der Waals surface area contributed by atoms with Gasteiger partial charge in [-0.1, -0.05) is 44.2 Å². The second-order valence-electron chi connectivity index (χ2n) is 7.18. The molecule has 0 fully saturated rings. The van der Waals surface area contributed by atoms with E-state index < -0.39 is 0 Å². The maximum Gasteiger partial charge on any atom is 0.228 e. The lowest BCUT2D eigenvalue weighted by Gasteiger charge is -2.21. The lowest BCUT2D eigenvalue weighted by Crippen LogP contribution is -2.22. The minimum atomic E-state index is -0.240. The molecule has 1 aliphatic carbocycles. The number of benzene rings is 2. The standard InChI is InChI=1S/C23H22FN3O/c1-3-14(2)23(28)27-22-20(15-7-5-4-6-8-15)26-21-18-11-10-17(24)13-16(18)9-12-19(21)25-22/h4-8,10-11,13-14H,3,9,12H2,1-2H3,(H,25,27,28). The summed E-state index contributed by atoms with van der Waals surface area (Å²) in [5.41, 5.74) is 4.96. The molecular formula is C23H22FN3O. The van der Waals surface area contributed by atoms with E-state index in [0.717, 1.165) is 34.5 Å². The Labute approximate surface area is 163 Å². The summed E-state index contributed by atoms with van der Waals surface area (Å²) in [6.45, 7) is 3.88. The highest BCUT2D eigenvalue weighted by Crippen LogP contribution is 2.36. The molecule has 0 aliphatic heterocycles. The van der Waals surface area contributed by atoms with Crippen molar-refractivity contribution >= 4 is 11.7 Å². The molecule has 1 unspecified atom stereocenters. The van der Waals surface area contributed by atoms with Crippen molar-refractivity contribution < 1.29 is 9.18 Å². The molecule has 1 amide bonds. The topological polar surface area (TPSA) is 54.9 Å². The predicted octanol–water partition coefficient (Wildman–Crippen LogP) is 5.03. The minimum absolute atomic E-state index is 0.0628. The fraction of sp³-hybridized carbons (Fsp3) is 0.261. The summed E-state index contributed by atoms with van der Waals surface area (Å²) in [6, 6.07) is 14.5. The fourth-order valence-electron chi connectivity index (χ4n) is 3.42. The Hall–Kier alpha value is -3.08. The second kappa shape index (κ2) is 7.50. The molecule has 0 radical (unpaired) electrons. The monoisotopic (exact) mass is 375 g/mol. The Balaban J connectivity index is 1.86. The number of carbonyl (C=O) groups is 1. The molecule has 0 saturated carbocycles. The molecule has 1 N–H and O–H groups in total. The van der Waals surface area contributed by atoms with Crippen LogP contribution in [0.4, 0.5) is 10.2 Å². The average molecular weight is 375 g/mol. The Bertz CT molecular complexity index is 1030. The van der Waals surface area contributed by atoms with E-state index in [1.54, 1.807) is 12.1 Å². The van der Waals surface area contributed by atoms with Gasteiger partial charge in [0.05, 0.1) is 11.4 Å². The summed E-state index contributed by atoms with van der Waals surface area (Å²) in [6.07, 6.45) is 2.13. The van der Waals surface area contributed by atoms with Gasteiger partial charge >= 0.3 is 0 Å². The average Bonchev–Trinajstić information content (AvgIpc) is 2.72. The number of aromatic nitrogens is 2. The van der Waals surface area contributed by atoms with Crippen LogP contribution in [0.2, 0.25) is 0 Å². The maximum atomic E-state index is 13.6. The number of carbonyl (C=O) groups excluding carboxylic acids is 1. The molecule has 5 heteroatoms. The van der Waals surface area contributed by atoms with Crippen LogP contribution in [0.1, 0.15) is 31.5 Å². The number of hydrogen-bond donors (Lipinski definition) is 1. The molecule has 0 bridgehead atoms. The van der Waals surface area contributed by atoms with Crippen LogP contribution in [-0.2, 0) is 17.6 Å². The van der Waals surface area contributed by atoms with Crippen molar-refractivity contribution in [2.24, 2.45) is 5.92 Å². The summed E-state index contributed by atoms with van der Waals surface area (Å²) in [7, 11) is 0. The number of amides is 1. The van der Waals surface area contributed by atoms with Gasteiger partial charge < -0.3 is 5.32 Å². The van der Waals surface area contributed by atoms with Crippen LogP contribution < -0.4 is 5.32 Å². The SMILES string of the molecule is CCC(C)C(=O)Nc1nc2c(nc1-c1ccccc1)-c1ccc(F)cc1CC2. The van der Waals surface area contributed by atoms with E-state index in [-0.39, 0.29) is 17.6 Å². The molecule has 3 aromatic rings. The van der Waals surface area contributed by atoms with Crippen molar-refractivity contribution in [2.45, 2.75) is 33.1 Å². The summed E-state index contributed by atoms with van der Waals surface area (Å²) < 4.78 is 13.6. The molecule has 0 saturated heterocycles. The van der Waals surface area contributed by atoms with Crippen molar-refractivity contribution in [2.75, 3.05) is 5.32 Å². The molecule has 1 aliphatic rings. The molecule has 28 heavy (non-hydrogen) atoms. The summed E-state index contributed by atoms with van der Waals surface area (Å²) >= 11 is 0. The van der Waals surface area contributed by atoms with Crippen LogP contribution in [0.5, 0.6) is 0 Å². The fourth-order valence-corrected chi connectivity index (χ4v) is 3.42. The molecule has 1 heterocycles. The van der Waals surface area contributed by atoms with Crippen LogP contribution >= 0.6 is 0 Å². The van der Waals surface area contributed by atoms with Gasteiger partial charge in [0.25, 0.3) is 0 Å². The Morgan fingerprint density at radius 2 is 1.89 bits per heavy atom. The van der Waals surface area contributed by atoms with Crippen LogP contribution in [0, 0.1) is 11.7 Å². The van der Waals surface area contributed by atoms with E-state index in [2.05, 4.69) is 5.32 Å². The van der Waals surface area contributed by atoms with Crippen LogP contribution in [0.25, 0.3) is 22.5 Å². The maximum absolute atomic E-state index is 13.6. The van der Waals surface area contributed by atoms with Crippen molar-refractivity contribution in [3.8, 4) is 22.5 Å². The predicted molar refractivity (Wildman–Crippen MR) is 108 cm³/mol. The van der Waals surface area contributed by atoms with Gasteiger partial charge in [0.1, 0.15) is 11.5 Å². The highest BCUT2D eigenvalue weighted by Gasteiger charge is 2.24. The van der Waals surface area contributed by atoms with Gasteiger partial charge in [-0.15, -0.1) is 0 Å². The molecule has 2 aromatic carbocycles. The van der Waals surface area contributed by atoms with Gasteiger partial charge in [-0.05, 0) is 43.0 Å². The smallest absolute Gasteiger partial charge is 0.228 e. The first-order valence-corrected chi connectivity index (χ1v) is 9.62. The van der Waals surface area contributed by atoms with Gasteiger partial charge in [0, 0.05) is 17.0 Å².